The van der Waals surface area contributed by atoms with Crippen molar-refractivity contribution in [2.75, 3.05) is 19.8 Å². The van der Waals surface area contributed by atoms with Crippen molar-refractivity contribution >= 4 is 5.91 Å². The van der Waals surface area contributed by atoms with Crippen LogP contribution in [0.3, 0.4) is 0 Å². The summed E-state index contributed by atoms with van der Waals surface area (Å²) < 4.78 is 17.1. The average molecular weight is 367 g/mol. The van der Waals surface area contributed by atoms with E-state index in [1.807, 2.05) is 59.5 Å². The first kappa shape index (κ1) is 18.0. The Bertz CT molecular complexity index is 741. The van der Waals surface area contributed by atoms with E-state index in [1.54, 1.807) is 0 Å². The molecule has 0 aromatic heterocycles. The molecule has 2 aromatic carbocycles. The molecule has 2 saturated heterocycles. The third kappa shape index (κ3) is 4.31. The number of carbonyl (C=O) groups is 1. The first-order chi connectivity index (χ1) is 13.3. The maximum Gasteiger partial charge on any atom is 0.254 e. The summed E-state index contributed by atoms with van der Waals surface area (Å²) in [5.41, 5.74) is 1.73. The number of piperidine rings is 1. The second-order valence-electron chi connectivity index (χ2n) is 6.97. The lowest BCUT2D eigenvalue weighted by Gasteiger charge is -2.38. The minimum Gasteiger partial charge on any atom is -0.489 e. The van der Waals surface area contributed by atoms with Crippen molar-refractivity contribution in [3.8, 4) is 5.75 Å². The van der Waals surface area contributed by atoms with Crippen molar-refractivity contribution in [1.29, 1.82) is 0 Å². The Morgan fingerprint density at radius 1 is 1.00 bits per heavy atom. The highest BCUT2D eigenvalue weighted by Gasteiger charge is 2.36. The van der Waals surface area contributed by atoms with E-state index in [2.05, 4.69) is 0 Å². The SMILES string of the molecule is O=C(c1ccc(COc2ccccc2)cc1)N1CCCCC1C1OCCO1. The second-order valence-corrected chi connectivity index (χ2v) is 6.97. The van der Waals surface area contributed by atoms with Crippen LogP contribution in [-0.2, 0) is 16.1 Å². The Morgan fingerprint density at radius 2 is 1.74 bits per heavy atom. The molecule has 0 aliphatic carbocycles. The molecule has 2 fully saturated rings. The van der Waals surface area contributed by atoms with E-state index in [-0.39, 0.29) is 18.2 Å². The van der Waals surface area contributed by atoms with Gasteiger partial charge in [-0.2, -0.15) is 0 Å². The number of nitrogens with zero attached hydrogens (tertiary/aromatic N) is 1. The van der Waals surface area contributed by atoms with E-state index in [1.165, 1.54) is 0 Å². The molecule has 0 radical (unpaired) electrons. The minimum absolute atomic E-state index is 0.00911. The van der Waals surface area contributed by atoms with Crippen LogP contribution < -0.4 is 4.74 Å². The van der Waals surface area contributed by atoms with Gasteiger partial charge in [0.05, 0.1) is 19.3 Å². The molecule has 4 rings (SSSR count). The Hall–Kier alpha value is -2.37. The van der Waals surface area contributed by atoms with Gasteiger partial charge in [0.1, 0.15) is 12.4 Å². The van der Waals surface area contributed by atoms with Gasteiger partial charge < -0.3 is 19.1 Å². The second kappa shape index (κ2) is 8.55. The molecule has 2 aliphatic heterocycles. The fourth-order valence-electron chi connectivity index (χ4n) is 3.68. The van der Waals surface area contributed by atoms with Gasteiger partial charge in [-0.3, -0.25) is 4.79 Å². The number of amides is 1. The highest BCUT2D eigenvalue weighted by molar-refractivity contribution is 5.94. The van der Waals surface area contributed by atoms with Gasteiger partial charge in [0.25, 0.3) is 5.91 Å². The van der Waals surface area contributed by atoms with Gasteiger partial charge in [0.15, 0.2) is 6.29 Å². The van der Waals surface area contributed by atoms with Crippen LogP contribution in [0, 0.1) is 0 Å². The van der Waals surface area contributed by atoms with E-state index >= 15 is 0 Å². The lowest BCUT2D eigenvalue weighted by molar-refractivity contribution is -0.100. The predicted octanol–water partition coefficient (Wildman–Crippen LogP) is 3.63. The zero-order chi connectivity index (χ0) is 18.5. The highest BCUT2D eigenvalue weighted by Crippen LogP contribution is 2.26. The van der Waals surface area contributed by atoms with Crippen LogP contribution in [0.4, 0.5) is 0 Å². The molecule has 1 unspecified atom stereocenters. The van der Waals surface area contributed by atoms with Crippen molar-refractivity contribution in [3.05, 3.63) is 65.7 Å². The maximum atomic E-state index is 13.0. The largest absolute Gasteiger partial charge is 0.489 e. The van der Waals surface area contributed by atoms with Crippen LogP contribution in [0.25, 0.3) is 0 Å². The Labute approximate surface area is 159 Å². The van der Waals surface area contributed by atoms with Crippen molar-refractivity contribution in [1.82, 2.24) is 4.90 Å². The van der Waals surface area contributed by atoms with E-state index in [9.17, 15) is 4.79 Å². The molecule has 2 aromatic rings. The van der Waals surface area contributed by atoms with Crippen LogP contribution >= 0.6 is 0 Å². The standard InChI is InChI=1S/C22H25NO4/c24-21(23-13-5-4-8-20(23)22-25-14-15-26-22)18-11-9-17(10-12-18)16-27-19-6-2-1-3-7-19/h1-3,6-7,9-12,20,22H,4-5,8,13-16H2. The fraction of sp³-hybridized carbons (Fsp3) is 0.409. The number of hydrogen-bond donors (Lipinski definition) is 0. The number of para-hydroxylation sites is 1. The summed E-state index contributed by atoms with van der Waals surface area (Å²) in [6.07, 6.45) is 2.78. The molecule has 2 aliphatic rings. The summed E-state index contributed by atoms with van der Waals surface area (Å²) in [5, 5.41) is 0. The third-order valence-corrected chi connectivity index (χ3v) is 5.12. The summed E-state index contributed by atoms with van der Waals surface area (Å²) in [7, 11) is 0. The maximum absolute atomic E-state index is 13.0. The molecule has 0 saturated carbocycles. The zero-order valence-corrected chi connectivity index (χ0v) is 15.4. The van der Waals surface area contributed by atoms with Crippen molar-refractivity contribution < 1.29 is 19.0 Å². The van der Waals surface area contributed by atoms with Gasteiger partial charge in [-0.1, -0.05) is 30.3 Å². The van der Waals surface area contributed by atoms with Crippen molar-refractivity contribution in [2.24, 2.45) is 0 Å². The molecule has 0 N–H and O–H groups in total. The number of hydrogen-bond acceptors (Lipinski definition) is 4. The van der Waals surface area contributed by atoms with Crippen LogP contribution in [0.15, 0.2) is 54.6 Å². The van der Waals surface area contributed by atoms with Crippen LogP contribution in [0.2, 0.25) is 0 Å². The number of rotatable bonds is 5. The van der Waals surface area contributed by atoms with Gasteiger partial charge in [-0.15, -0.1) is 0 Å². The molecule has 0 bridgehead atoms. The monoisotopic (exact) mass is 367 g/mol. The van der Waals surface area contributed by atoms with E-state index in [4.69, 9.17) is 14.2 Å². The molecule has 2 heterocycles. The van der Waals surface area contributed by atoms with Gasteiger partial charge >= 0.3 is 0 Å². The van der Waals surface area contributed by atoms with E-state index in [0.717, 1.165) is 37.1 Å². The predicted molar refractivity (Wildman–Crippen MR) is 102 cm³/mol. The first-order valence-electron chi connectivity index (χ1n) is 9.62. The van der Waals surface area contributed by atoms with Crippen molar-refractivity contribution in [3.63, 3.8) is 0 Å². The van der Waals surface area contributed by atoms with Gasteiger partial charge in [-0.05, 0) is 49.1 Å². The quantitative estimate of drug-likeness (QED) is 0.810. The zero-order valence-electron chi connectivity index (χ0n) is 15.4. The molecule has 5 heteroatoms. The molecular weight excluding hydrogens is 342 g/mol. The summed E-state index contributed by atoms with van der Waals surface area (Å²) in [6, 6.07) is 17.4. The van der Waals surface area contributed by atoms with Gasteiger partial charge in [0, 0.05) is 12.1 Å². The summed E-state index contributed by atoms with van der Waals surface area (Å²) in [5.74, 6) is 0.889. The molecule has 0 spiro atoms. The van der Waals surface area contributed by atoms with E-state index in [0.29, 0.717) is 25.4 Å². The van der Waals surface area contributed by atoms with Crippen LogP contribution in [-0.4, -0.2) is 42.9 Å². The van der Waals surface area contributed by atoms with Crippen molar-refractivity contribution in [2.45, 2.75) is 38.2 Å². The summed E-state index contributed by atoms with van der Waals surface area (Å²) in [4.78, 5) is 15.0. The molecule has 1 atom stereocenters. The first-order valence-corrected chi connectivity index (χ1v) is 9.62. The number of likely N-dealkylation sites (tertiary alicyclic amines) is 1. The van der Waals surface area contributed by atoms with Crippen LogP contribution in [0.5, 0.6) is 5.75 Å². The lowest BCUT2D eigenvalue weighted by Crippen LogP contribution is -2.50. The molecular formula is C22H25NO4. The normalized spacial score (nSPS) is 20.6. The average Bonchev–Trinajstić information content (AvgIpc) is 3.28. The molecule has 142 valence electrons. The third-order valence-electron chi connectivity index (χ3n) is 5.12. The smallest absolute Gasteiger partial charge is 0.254 e. The molecule has 1 amide bonds. The molecule has 27 heavy (non-hydrogen) atoms. The number of benzene rings is 2. The number of ether oxygens (including phenoxy) is 3. The summed E-state index contributed by atoms with van der Waals surface area (Å²) in [6.45, 7) is 2.46. The Kier molecular flexibility index (Phi) is 5.70. The topological polar surface area (TPSA) is 48.0 Å². The van der Waals surface area contributed by atoms with Gasteiger partial charge in [0.2, 0.25) is 0 Å². The van der Waals surface area contributed by atoms with Gasteiger partial charge in [-0.25, -0.2) is 0 Å². The Balaban J connectivity index is 1.40. The highest BCUT2D eigenvalue weighted by atomic mass is 16.7. The van der Waals surface area contributed by atoms with Crippen LogP contribution in [0.1, 0.15) is 35.2 Å². The minimum atomic E-state index is -0.284. The summed E-state index contributed by atoms with van der Waals surface area (Å²) >= 11 is 0. The lowest BCUT2D eigenvalue weighted by atomic mass is 10.00. The number of carbonyl (C=O) groups excluding carboxylic acids is 1. The molecule has 5 nitrogen and oxygen atoms in total. The Morgan fingerprint density at radius 3 is 2.48 bits per heavy atom. The fourth-order valence-corrected chi connectivity index (χ4v) is 3.68. The van der Waals surface area contributed by atoms with E-state index < -0.39 is 0 Å².